The van der Waals surface area contributed by atoms with E-state index in [9.17, 15) is 5.26 Å². The summed E-state index contributed by atoms with van der Waals surface area (Å²) in [5, 5.41) is 16.1. The number of hydrogen-bond donors (Lipinski definition) is 2. The second-order valence-corrected chi connectivity index (χ2v) is 5.53. The quantitative estimate of drug-likeness (QED) is 0.707. The third-order valence-corrected chi connectivity index (χ3v) is 3.94. The predicted molar refractivity (Wildman–Crippen MR) is 97.9 cm³/mol. The maximum Gasteiger partial charge on any atom is 0.151 e. The van der Waals surface area contributed by atoms with Crippen LogP contribution < -0.4 is 10.6 Å². The summed E-state index contributed by atoms with van der Waals surface area (Å²) in [4.78, 5) is 4.65. The Morgan fingerprint density at radius 3 is 1.75 bits per heavy atom. The SMILES string of the molecule is Cc1c(Nc2ccccc2)nc(Nc2ccccc2)c(C#N)c1C. The van der Waals surface area contributed by atoms with Crippen molar-refractivity contribution in [3.8, 4) is 6.07 Å². The second kappa shape index (κ2) is 6.84. The number of benzene rings is 2. The lowest BCUT2D eigenvalue weighted by molar-refractivity contribution is 1.19. The minimum Gasteiger partial charge on any atom is -0.340 e. The highest BCUT2D eigenvalue weighted by Gasteiger charge is 2.14. The summed E-state index contributed by atoms with van der Waals surface area (Å²) in [5.74, 6) is 1.31. The molecule has 0 unspecified atom stereocenters. The number of rotatable bonds is 4. The first kappa shape index (κ1) is 15.6. The predicted octanol–water partition coefficient (Wildman–Crippen LogP) is 5.06. The zero-order valence-electron chi connectivity index (χ0n) is 13.7. The van der Waals surface area contributed by atoms with Crippen molar-refractivity contribution in [2.24, 2.45) is 0 Å². The first-order chi connectivity index (χ1) is 11.7. The van der Waals surface area contributed by atoms with Crippen LogP contribution in [-0.4, -0.2) is 4.98 Å². The molecule has 4 heteroatoms. The molecule has 2 N–H and O–H groups in total. The Labute approximate surface area is 141 Å². The van der Waals surface area contributed by atoms with E-state index >= 15 is 0 Å². The van der Waals surface area contributed by atoms with Gasteiger partial charge in [-0.25, -0.2) is 4.98 Å². The van der Waals surface area contributed by atoms with Crippen LogP contribution in [0.4, 0.5) is 23.0 Å². The van der Waals surface area contributed by atoms with Crippen molar-refractivity contribution in [1.29, 1.82) is 5.26 Å². The molecule has 0 amide bonds. The van der Waals surface area contributed by atoms with Crippen LogP contribution in [0.25, 0.3) is 0 Å². The van der Waals surface area contributed by atoms with Crippen LogP contribution in [0.1, 0.15) is 16.7 Å². The molecule has 0 aliphatic rings. The summed E-state index contributed by atoms with van der Waals surface area (Å²) in [6.45, 7) is 3.92. The topological polar surface area (TPSA) is 60.7 Å². The van der Waals surface area contributed by atoms with Gasteiger partial charge in [0.15, 0.2) is 5.82 Å². The lowest BCUT2D eigenvalue weighted by Crippen LogP contribution is -2.05. The highest BCUT2D eigenvalue weighted by atomic mass is 15.1. The average molecular weight is 314 g/mol. The zero-order chi connectivity index (χ0) is 16.9. The van der Waals surface area contributed by atoms with E-state index in [1.165, 1.54) is 0 Å². The van der Waals surface area contributed by atoms with Crippen LogP contribution in [-0.2, 0) is 0 Å². The van der Waals surface area contributed by atoms with E-state index in [1.807, 2.05) is 74.5 Å². The molecule has 3 aromatic rings. The second-order valence-electron chi connectivity index (χ2n) is 5.53. The molecular weight excluding hydrogens is 296 g/mol. The van der Waals surface area contributed by atoms with Crippen molar-refractivity contribution in [1.82, 2.24) is 4.98 Å². The van der Waals surface area contributed by atoms with Crippen LogP contribution in [0.5, 0.6) is 0 Å². The van der Waals surface area contributed by atoms with Gasteiger partial charge < -0.3 is 10.6 Å². The number of nitrogens with one attached hydrogen (secondary N) is 2. The highest BCUT2D eigenvalue weighted by molar-refractivity contribution is 5.71. The zero-order valence-corrected chi connectivity index (χ0v) is 13.7. The summed E-state index contributed by atoms with van der Waals surface area (Å²) in [6, 6.07) is 21.9. The monoisotopic (exact) mass is 314 g/mol. The maximum atomic E-state index is 9.53. The van der Waals surface area contributed by atoms with E-state index in [1.54, 1.807) is 0 Å². The minimum absolute atomic E-state index is 0.560. The number of nitrogens with zero attached hydrogens (tertiary/aromatic N) is 2. The fourth-order valence-corrected chi connectivity index (χ4v) is 2.46. The van der Waals surface area contributed by atoms with Gasteiger partial charge in [-0.2, -0.15) is 5.26 Å². The molecule has 24 heavy (non-hydrogen) atoms. The maximum absolute atomic E-state index is 9.53. The lowest BCUT2D eigenvalue weighted by Gasteiger charge is -2.16. The summed E-state index contributed by atoms with van der Waals surface area (Å²) in [7, 11) is 0. The van der Waals surface area contributed by atoms with Crippen molar-refractivity contribution in [3.63, 3.8) is 0 Å². The van der Waals surface area contributed by atoms with Crippen LogP contribution in [0.15, 0.2) is 60.7 Å². The molecule has 0 bridgehead atoms. The van der Waals surface area contributed by atoms with Gasteiger partial charge in [-0.05, 0) is 49.2 Å². The van der Waals surface area contributed by atoms with E-state index in [-0.39, 0.29) is 0 Å². The van der Waals surface area contributed by atoms with Gasteiger partial charge in [0.2, 0.25) is 0 Å². The number of nitriles is 1. The van der Waals surface area contributed by atoms with E-state index in [2.05, 4.69) is 21.7 Å². The number of aromatic nitrogens is 1. The Hall–Kier alpha value is -3.32. The molecule has 0 aliphatic carbocycles. The average Bonchev–Trinajstić information content (AvgIpc) is 2.61. The van der Waals surface area contributed by atoms with Crippen molar-refractivity contribution in [2.45, 2.75) is 13.8 Å². The van der Waals surface area contributed by atoms with Crippen molar-refractivity contribution in [3.05, 3.63) is 77.4 Å². The molecule has 0 aliphatic heterocycles. The third-order valence-electron chi connectivity index (χ3n) is 3.94. The number of pyridine rings is 1. The van der Waals surface area contributed by atoms with Gasteiger partial charge in [-0.3, -0.25) is 0 Å². The van der Waals surface area contributed by atoms with Crippen LogP contribution in [0.3, 0.4) is 0 Å². The van der Waals surface area contributed by atoms with Gasteiger partial charge in [-0.15, -0.1) is 0 Å². The fourth-order valence-electron chi connectivity index (χ4n) is 2.46. The normalized spacial score (nSPS) is 10.0. The molecule has 1 heterocycles. The summed E-state index contributed by atoms with van der Waals surface area (Å²) >= 11 is 0. The van der Waals surface area contributed by atoms with Crippen LogP contribution >= 0.6 is 0 Å². The smallest absolute Gasteiger partial charge is 0.151 e. The molecule has 3 rings (SSSR count). The Kier molecular flexibility index (Phi) is 4.44. The molecule has 0 fully saturated rings. The summed E-state index contributed by atoms with van der Waals surface area (Å²) < 4.78 is 0. The van der Waals surface area contributed by atoms with Gasteiger partial charge in [0.25, 0.3) is 0 Å². The minimum atomic E-state index is 0.560. The van der Waals surface area contributed by atoms with Crippen molar-refractivity contribution < 1.29 is 0 Å². The molecule has 4 nitrogen and oxygen atoms in total. The Bertz CT molecular complexity index is 881. The van der Waals surface area contributed by atoms with Gasteiger partial charge in [0, 0.05) is 11.4 Å². The van der Waals surface area contributed by atoms with Gasteiger partial charge in [0.05, 0.1) is 5.56 Å². The van der Waals surface area contributed by atoms with Crippen molar-refractivity contribution >= 4 is 23.0 Å². The molecule has 0 radical (unpaired) electrons. The lowest BCUT2D eigenvalue weighted by atomic mass is 10.1. The molecule has 0 atom stereocenters. The molecule has 2 aromatic carbocycles. The van der Waals surface area contributed by atoms with E-state index in [4.69, 9.17) is 0 Å². The van der Waals surface area contributed by atoms with E-state index < -0.39 is 0 Å². The number of anilines is 4. The summed E-state index contributed by atoms with van der Waals surface area (Å²) in [5.41, 5.74) is 4.31. The molecule has 1 aromatic heterocycles. The first-order valence-corrected chi connectivity index (χ1v) is 7.74. The molecule has 118 valence electrons. The molecule has 0 spiro atoms. The van der Waals surface area contributed by atoms with Crippen LogP contribution in [0, 0.1) is 25.2 Å². The van der Waals surface area contributed by atoms with E-state index in [0.29, 0.717) is 11.4 Å². The molecule has 0 saturated heterocycles. The first-order valence-electron chi connectivity index (χ1n) is 7.74. The molecular formula is C20H18N4. The van der Waals surface area contributed by atoms with Gasteiger partial charge >= 0.3 is 0 Å². The molecule has 0 saturated carbocycles. The van der Waals surface area contributed by atoms with E-state index in [0.717, 1.165) is 28.3 Å². The van der Waals surface area contributed by atoms with Crippen LogP contribution in [0.2, 0.25) is 0 Å². The standard InChI is InChI=1S/C20H18N4/c1-14-15(2)19(22-16-9-5-3-6-10-16)24-20(18(14)13-21)23-17-11-7-4-8-12-17/h3-12H,1-2H3,(H2,22,23,24). The number of hydrogen-bond acceptors (Lipinski definition) is 4. The third kappa shape index (κ3) is 3.21. The Morgan fingerprint density at radius 2 is 1.25 bits per heavy atom. The summed E-state index contributed by atoms with van der Waals surface area (Å²) in [6.07, 6.45) is 0. The Morgan fingerprint density at radius 1 is 0.750 bits per heavy atom. The van der Waals surface area contributed by atoms with Gasteiger partial charge in [-0.1, -0.05) is 36.4 Å². The van der Waals surface area contributed by atoms with Gasteiger partial charge in [0.1, 0.15) is 11.9 Å². The number of para-hydroxylation sites is 2. The largest absolute Gasteiger partial charge is 0.340 e. The Balaban J connectivity index is 2.03. The fraction of sp³-hybridized carbons (Fsp3) is 0.100. The highest BCUT2D eigenvalue weighted by Crippen LogP contribution is 2.29. The van der Waals surface area contributed by atoms with Crippen molar-refractivity contribution in [2.75, 3.05) is 10.6 Å².